The Labute approximate surface area is 250 Å². The molecule has 220 valence electrons. The second-order valence-corrected chi connectivity index (χ2v) is 9.96. The number of aliphatic hydroxyl groups is 1. The number of methoxy groups -OCH3 is 2. The van der Waals surface area contributed by atoms with Gasteiger partial charge in [-0.2, -0.15) is 0 Å². The minimum atomic E-state index is -0.938. The summed E-state index contributed by atoms with van der Waals surface area (Å²) in [5.41, 5.74) is 3.18. The smallest absolute Gasteiger partial charge is 0.300 e. The molecule has 0 spiro atoms. The molecule has 4 aromatic rings. The molecule has 4 aromatic carbocycles. The lowest BCUT2D eigenvalue weighted by Gasteiger charge is -2.26. The van der Waals surface area contributed by atoms with Crippen LogP contribution in [-0.4, -0.2) is 37.6 Å². The summed E-state index contributed by atoms with van der Waals surface area (Å²) in [7, 11) is 3.04. The van der Waals surface area contributed by atoms with Gasteiger partial charge < -0.3 is 24.1 Å². The van der Waals surface area contributed by atoms with Crippen LogP contribution in [0.15, 0.2) is 96.6 Å². The highest BCUT2D eigenvalue weighted by molar-refractivity contribution is 6.51. The van der Waals surface area contributed by atoms with Crippen molar-refractivity contribution in [2.75, 3.05) is 25.7 Å². The molecular weight excluding hydrogens is 546 g/mol. The van der Waals surface area contributed by atoms with E-state index in [0.29, 0.717) is 53.0 Å². The third kappa shape index (κ3) is 5.90. The SMILES string of the molecule is CCOc1ccc(N2C(=O)C(=O)/C(=C(\O)c3ccc(OCc4ccccc4)c(C)c3)C2c2ccc(OC)c(OC)c2)cc1. The third-order valence-electron chi connectivity index (χ3n) is 7.28. The molecule has 0 aliphatic carbocycles. The first-order chi connectivity index (χ1) is 20.9. The Balaban J connectivity index is 1.58. The molecule has 0 bridgehead atoms. The number of amides is 1. The van der Waals surface area contributed by atoms with Gasteiger partial charge in [0.05, 0.1) is 32.4 Å². The molecule has 43 heavy (non-hydrogen) atoms. The maximum atomic E-state index is 13.6. The second kappa shape index (κ2) is 12.7. The number of hydrogen-bond acceptors (Lipinski definition) is 7. The lowest BCUT2D eigenvalue weighted by molar-refractivity contribution is -0.132. The fourth-order valence-corrected chi connectivity index (χ4v) is 5.16. The van der Waals surface area contributed by atoms with Gasteiger partial charge in [-0.15, -0.1) is 0 Å². The number of hydrogen-bond donors (Lipinski definition) is 1. The molecule has 1 heterocycles. The van der Waals surface area contributed by atoms with Gasteiger partial charge in [0.1, 0.15) is 23.9 Å². The molecule has 0 radical (unpaired) electrons. The van der Waals surface area contributed by atoms with E-state index in [2.05, 4.69) is 0 Å². The molecule has 1 amide bonds. The molecular formula is C35H33NO7. The third-order valence-corrected chi connectivity index (χ3v) is 7.28. The van der Waals surface area contributed by atoms with Crippen molar-refractivity contribution in [1.82, 2.24) is 0 Å². The fourth-order valence-electron chi connectivity index (χ4n) is 5.16. The van der Waals surface area contributed by atoms with Crippen LogP contribution >= 0.6 is 0 Å². The van der Waals surface area contributed by atoms with Crippen molar-refractivity contribution in [1.29, 1.82) is 0 Å². The van der Waals surface area contributed by atoms with Crippen LogP contribution in [0.3, 0.4) is 0 Å². The summed E-state index contributed by atoms with van der Waals surface area (Å²) < 4.78 is 22.5. The topological polar surface area (TPSA) is 94.5 Å². The van der Waals surface area contributed by atoms with E-state index in [1.165, 1.54) is 19.1 Å². The van der Waals surface area contributed by atoms with Crippen LogP contribution in [0, 0.1) is 6.92 Å². The van der Waals surface area contributed by atoms with Gasteiger partial charge in [-0.3, -0.25) is 14.5 Å². The van der Waals surface area contributed by atoms with Crippen molar-refractivity contribution < 1.29 is 33.6 Å². The molecule has 1 N–H and O–H groups in total. The maximum Gasteiger partial charge on any atom is 0.300 e. The zero-order valence-corrected chi connectivity index (χ0v) is 24.5. The standard InChI is InChI=1S/C35H33NO7/c1-5-42-27-15-13-26(14-16-27)36-32(24-11-18-29(40-3)30(20-24)41-4)31(34(38)35(36)39)33(37)25-12-17-28(22(2)19-25)43-21-23-9-7-6-8-10-23/h6-20,32,37H,5,21H2,1-4H3/b33-31-. The van der Waals surface area contributed by atoms with Gasteiger partial charge in [-0.05, 0) is 85.1 Å². The van der Waals surface area contributed by atoms with Crippen molar-refractivity contribution >= 4 is 23.1 Å². The van der Waals surface area contributed by atoms with Crippen molar-refractivity contribution in [3.05, 3.63) is 119 Å². The van der Waals surface area contributed by atoms with Gasteiger partial charge in [0.2, 0.25) is 0 Å². The zero-order chi connectivity index (χ0) is 30.5. The summed E-state index contributed by atoms with van der Waals surface area (Å²) in [6.45, 7) is 4.62. The molecule has 1 saturated heterocycles. The molecule has 0 saturated carbocycles. The van der Waals surface area contributed by atoms with Gasteiger partial charge >= 0.3 is 0 Å². The van der Waals surface area contributed by atoms with Crippen molar-refractivity contribution in [2.24, 2.45) is 0 Å². The van der Waals surface area contributed by atoms with Gasteiger partial charge in [0.25, 0.3) is 11.7 Å². The normalized spacial score (nSPS) is 15.8. The largest absolute Gasteiger partial charge is 0.507 e. The minimum absolute atomic E-state index is 0.0385. The Kier molecular flexibility index (Phi) is 8.66. The Hall–Kier alpha value is -5.24. The van der Waals surface area contributed by atoms with E-state index in [1.807, 2.05) is 44.2 Å². The lowest BCUT2D eigenvalue weighted by Crippen LogP contribution is -2.29. The highest BCUT2D eigenvalue weighted by atomic mass is 16.5. The fraction of sp³-hybridized carbons (Fsp3) is 0.200. The predicted octanol–water partition coefficient (Wildman–Crippen LogP) is 6.62. The first kappa shape index (κ1) is 29.3. The van der Waals surface area contributed by atoms with Crippen LogP contribution in [0.1, 0.15) is 35.2 Å². The summed E-state index contributed by atoms with van der Waals surface area (Å²) >= 11 is 0. The molecule has 1 atom stereocenters. The van der Waals surface area contributed by atoms with E-state index >= 15 is 0 Å². The first-order valence-corrected chi connectivity index (χ1v) is 13.9. The minimum Gasteiger partial charge on any atom is -0.507 e. The van der Waals surface area contributed by atoms with Crippen LogP contribution in [-0.2, 0) is 16.2 Å². The van der Waals surface area contributed by atoms with Gasteiger partial charge in [0, 0.05) is 11.3 Å². The second-order valence-electron chi connectivity index (χ2n) is 9.96. The zero-order valence-electron chi connectivity index (χ0n) is 24.5. The number of benzene rings is 4. The number of Topliss-reactive ketones (excluding diaryl/α,β-unsaturated/α-hetero) is 1. The molecule has 0 aromatic heterocycles. The average molecular weight is 580 g/mol. The van der Waals surface area contributed by atoms with Crippen LogP contribution in [0.4, 0.5) is 5.69 Å². The highest BCUT2D eigenvalue weighted by Crippen LogP contribution is 2.44. The van der Waals surface area contributed by atoms with E-state index in [0.717, 1.165) is 11.1 Å². The highest BCUT2D eigenvalue weighted by Gasteiger charge is 2.47. The summed E-state index contributed by atoms with van der Waals surface area (Å²) in [5, 5.41) is 11.6. The summed E-state index contributed by atoms with van der Waals surface area (Å²) in [4.78, 5) is 28.6. The number of carbonyl (C=O) groups excluding carboxylic acids is 2. The summed E-state index contributed by atoms with van der Waals surface area (Å²) in [5.74, 6) is 0.351. The molecule has 1 aliphatic rings. The van der Waals surface area contributed by atoms with E-state index in [9.17, 15) is 14.7 Å². The van der Waals surface area contributed by atoms with E-state index < -0.39 is 17.7 Å². The first-order valence-electron chi connectivity index (χ1n) is 13.9. The van der Waals surface area contributed by atoms with Crippen LogP contribution in [0.5, 0.6) is 23.0 Å². The van der Waals surface area contributed by atoms with Crippen LogP contribution in [0.2, 0.25) is 0 Å². The van der Waals surface area contributed by atoms with Crippen molar-refractivity contribution in [2.45, 2.75) is 26.5 Å². The molecule has 5 rings (SSSR count). The molecule has 1 aliphatic heterocycles. The quantitative estimate of drug-likeness (QED) is 0.128. The van der Waals surface area contributed by atoms with Crippen molar-refractivity contribution in [3.63, 3.8) is 0 Å². The molecule has 1 unspecified atom stereocenters. The molecule has 8 nitrogen and oxygen atoms in total. The van der Waals surface area contributed by atoms with Crippen LogP contribution in [0.25, 0.3) is 5.76 Å². The summed E-state index contributed by atoms with van der Waals surface area (Å²) in [6.07, 6.45) is 0. The average Bonchev–Trinajstić information content (AvgIpc) is 3.30. The number of carbonyl (C=O) groups is 2. The molecule has 1 fully saturated rings. The number of ether oxygens (including phenoxy) is 4. The Morgan fingerprint density at radius 1 is 0.814 bits per heavy atom. The van der Waals surface area contributed by atoms with E-state index in [1.54, 1.807) is 60.7 Å². The molecule has 8 heteroatoms. The number of aliphatic hydroxyl groups excluding tert-OH is 1. The number of nitrogens with zero attached hydrogens (tertiary/aromatic N) is 1. The maximum absolute atomic E-state index is 13.6. The van der Waals surface area contributed by atoms with Gasteiger partial charge in [0.15, 0.2) is 11.5 Å². The van der Waals surface area contributed by atoms with Gasteiger partial charge in [-0.1, -0.05) is 36.4 Å². The Morgan fingerprint density at radius 3 is 2.16 bits per heavy atom. The predicted molar refractivity (Wildman–Crippen MR) is 164 cm³/mol. The summed E-state index contributed by atoms with van der Waals surface area (Å²) in [6, 6.07) is 26.1. The Morgan fingerprint density at radius 2 is 1.51 bits per heavy atom. The van der Waals surface area contributed by atoms with E-state index in [4.69, 9.17) is 18.9 Å². The number of ketones is 1. The lowest BCUT2D eigenvalue weighted by atomic mass is 9.94. The monoisotopic (exact) mass is 579 g/mol. The van der Waals surface area contributed by atoms with Gasteiger partial charge in [-0.25, -0.2) is 0 Å². The Bertz CT molecular complexity index is 1660. The number of aryl methyl sites for hydroxylation is 1. The van der Waals surface area contributed by atoms with Crippen molar-refractivity contribution in [3.8, 4) is 23.0 Å². The van der Waals surface area contributed by atoms with E-state index in [-0.39, 0.29) is 11.3 Å². The van der Waals surface area contributed by atoms with Crippen LogP contribution < -0.4 is 23.8 Å². The number of anilines is 1. The number of rotatable bonds is 10.